The third-order valence-electron chi connectivity index (χ3n) is 3.61. The Labute approximate surface area is 141 Å². The zero-order valence-electron chi connectivity index (χ0n) is 12.4. The largest absolute Gasteiger partial charge is 0.325 e. The van der Waals surface area contributed by atoms with Gasteiger partial charge in [0.25, 0.3) is 0 Å². The molecule has 118 valence electrons. The summed E-state index contributed by atoms with van der Waals surface area (Å²) in [6.45, 7) is 4.06. The summed E-state index contributed by atoms with van der Waals surface area (Å²) in [6.07, 6.45) is 0.907. The van der Waals surface area contributed by atoms with Crippen LogP contribution < -0.4 is 11.1 Å². The molecule has 0 radical (unpaired) electrons. The van der Waals surface area contributed by atoms with Crippen LogP contribution in [0.3, 0.4) is 0 Å². The van der Waals surface area contributed by atoms with Crippen molar-refractivity contribution < 1.29 is 4.79 Å². The summed E-state index contributed by atoms with van der Waals surface area (Å²) >= 11 is 3.93. The predicted octanol–water partition coefficient (Wildman–Crippen LogP) is 3.90. The molecule has 1 aromatic carbocycles. The molecule has 0 aromatic heterocycles. The van der Waals surface area contributed by atoms with Crippen molar-refractivity contribution in [3.8, 4) is 0 Å². The first-order valence-corrected chi connectivity index (χ1v) is 9.11. The molecule has 1 aromatic rings. The first-order chi connectivity index (χ1) is 9.61. The molecule has 2 unspecified atom stereocenters. The molecule has 1 aliphatic heterocycles. The van der Waals surface area contributed by atoms with Gasteiger partial charge in [-0.05, 0) is 23.6 Å². The van der Waals surface area contributed by atoms with Crippen molar-refractivity contribution in [3.63, 3.8) is 0 Å². The Kier molecular flexibility index (Phi) is 7.95. The van der Waals surface area contributed by atoms with E-state index in [1.807, 2.05) is 49.5 Å². The van der Waals surface area contributed by atoms with Crippen LogP contribution in [0, 0.1) is 5.92 Å². The van der Waals surface area contributed by atoms with Gasteiger partial charge in [0.05, 0.1) is 10.6 Å². The van der Waals surface area contributed by atoms with Gasteiger partial charge in [0.2, 0.25) is 5.91 Å². The highest BCUT2D eigenvalue weighted by Crippen LogP contribution is 2.45. The van der Waals surface area contributed by atoms with Crippen molar-refractivity contribution in [2.45, 2.75) is 30.9 Å². The smallest absolute Gasteiger partial charge is 0.241 e. The van der Waals surface area contributed by atoms with Crippen LogP contribution in [-0.4, -0.2) is 23.5 Å². The van der Waals surface area contributed by atoms with E-state index in [2.05, 4.69) is 17.4 Å². The highest BCUT2D eigenvalue weighted by atomic mass is 35.5. The van der Waals surface area contributed by atoms with E-state index >= 15 is 0 Å². The fraction of sp³-hybridized carbons (Fsp3) is 0.533. The summed E-state index contributed by atoms with van der Waals surface area (Å²) in [5.74, 6) is 2.50. The molecule has 0 spiro atoms. The minimum Gasteiger partial charge on any atom is -0.325 e. The zero-order chi connectivity index (χ0) is 14.5. The second kappa shape index (κ2) is 8.93. The number of hydrogen-bond donors (Lipinski definition) is 2. The van der Waals surface area contributed by atoms with Gasteiger partial charge in [-0.25, -0.2) is 0 Å². The van der Waals surface area contributed by atoms with Crippen LogP contribution >= 0.6 is 35.9 Å². The fourth-order valence-corrected chi connectivity index (χ4v) is 4.89. The van der Waals surface area contributed by atoms with E-state index in [-0.39, 0.29) is 24.2 Å². The summed E-state index contributed by atoms with van der Waals surface area (Å²) < 4.78 is 0.495. The van der Waals surface area contributed by atoms with Crippen LogP contribution in [0.15, 0.2) is 24.3 Å². The number of nitrogens with one attached hydrogen (secondary N) is 1. The molecule has 1 saturated heterocycles. The third kappa shape index (κ3) is 5.09. The number of amides is 1. The van der Waals surface area contributed by atoms with Crippen LogP contribution in [0.25, 0.3) is 0 Å². The van der Waals surface area contributed by atoms with E-state index < -0.39 is 6.04 Å². The molecule has 3 nitrogen and oxygen atoms in total. The van der Waals surface area contributed by atoms with Gasteiger partial charge < -0.3 is 11.1 Å². The first kappa shape index (κ1) is 18.7. The lowest BCUT2D eigenvalue weighted by Crippen LogP contribution is -2.40. The Morgan fingerprint density at radius 1 is 1.43 bits per heavy atom. The van der Waals surface area contributed by atoms with Crippen molar-refractivity contribution in [1.82, 2.24) is 0 Å². The number of rotatable bonds is 5. The minimum absolute atomic E-state index is 0. The van der Waals surface area contributed by atoms with Crippen LogP contribution in [0.4, 0.5) is 5.69 Å². The van der Waals surface area contributed by atoms with E-state index in [9.17, 15) is 4.79 Å². The lowest BCUT2D eigenvalue weighted by atomic mass is 9.99. The molecule has 6 heteroatoms. The molecule has 0 bridgehead atoms. The number of hydrogen-bond acceptors (Lipinski definition) is 4. The summed E-state index contributed by atoms with van der Waals surface area (Å²) in [4.78, 5) is 12.1. The Bertz CT molecular complexity index is 467. The SMILES string of the molecule is CCC(C)C(N)C(=O)Nc1cccc(C2SCCS2)c1.Cl. The van der Waals surface area contributed by atoms with Gasteiger partial charge in [-0.15, -0.1) is 35.9 Å². The Morgan fingerprint density at radius 2 is 2.10 bits per heavy atom. The number of thioether (sulfide) groups is 2. The maximum absolute atomic E-state index is 12.1. The van der Waals surface area contributed by atoms with Gasteiger partial charge in [0.1, 0.15) is 0 Å². The van der Waals surface area contributed by atoms with E-state index in [0.717, 1.165) is 12.1 Å². The number of carbonyl (C=O) groups is 1. The number of anilines is 1. The summed E-state index contributed by atoms with van der Waals surface area (Å²) in [6, 6.07) is 7.67. The lowest BCUT2D eigenvalue weighted by Gasteiger charge is -2.18. The predicted molar refractivity (Wildman–Crippen MR) is 97.4 cm³/mol. The molecule has 1 fully saturated rings. The second-order valence-corrected chi connectivity index (χ2v) is 7.82. The average molecular weight is 347 g/mol. The summed E-state index contributed by atoms with van der Waals surface area (Å²) in [5, 5.41) is 2.94. The van der Waals surface area contributed by atoms with Crippen LogP contribution in [-0.2, 0) is 4.79 Å². The van der Waals surface area contributed by atoms with Gasteiger partial charge in [-0.2, -0.15) is 0 Å². The maximum atomic E-state index is 12.1. The van der Waals surface area contributed by atoms with Gasteiger partial charge in [-0.1, -0.05) is 32.4 Å². The van der Waals surface area contributed by atoms with E-state index in [1.54, 1.807) is 0 Å². The van der Waals surface area contributed by atoms with Crippen molar-refractivity contribution in [3.05, 3.63) is 29.8 Å². The Balaban J connectivity index is 0.00000220. The summed E-state index contributed by atoms with van der Waals surface area (Å²) in [5.41, 5.74) is 8.08. The van der Waals surface area contributed by atoms with Crippen molar-refractivity contribution in [2.24, 2.45) is 11.7 Å². The molecule has 3 N–H and O–H groups in total. The monoisotopic (exact) mass is 346 g/mol. The van der Waals surface area contributed by atoms with Crippen molar-refractivity contribution in [2.75, 3.05) is 16.8 Å². The van der Waals surface area contributed by atoms with Crippen LogP contribution in [0.5, 0.6) is 0 Å². The van der Waals surface area contributed by atoms with Gasteiger partial charge in [-0.3, -0.25) is 4.79 Å². The minimum atomic E-state index is -0.445. The summed E-state index contributed by atoms with van der Waals surface area (Å²) in [7, 11) is 0. The maximum Gasteiger partial charge on any atom is 0.241 e. The number of carbonyl (C=O) groups excluding carboxylic acids is 1. The molecular weight excluding hydrogens is 324 g/mol. The van der Waals surface area contributed by atoms with Crippen LogP contribution in [0.1, 0.15) is 30.4 Å². The molecule has 1 amide bonds. The molecule has 0 saturated carbocycles. The van der Waals surface area contributed by atoms with E-state index in [1.165, 1.54) is 17.1 Å². The van der Waals surface area contributed by atoms with E-state index in [0.29, 0.717) is 4.58 Å². The molecule has 1 heterocycles. The molecule has 0 aliphatic carbocycles. The second-order valence-electron chi connectivity index (χ2n) is 5.10. The lowest BCUT2D eigenvalue weighted by molar-refractivity contribution is -0.118. The average Bonchev–Trinajstić information content (AvgIpc) is 3.00. The number of nitrogens with two attached hydrogens (primary N) is 1. The first-order valence-electron chi connectivity index (χ1n) is 7.01. The van der Waals surface area contributed by atoms with Gasteiger partial charge >= 0.3 is 0 Å². The number of halogens is 1. The third-order valence-corrected chi connectivity index (χ3v) is 6.71. The van der Waals surface area contributed by atoms with E-state index in [4.69, 9.17) is 5.73 Å². The van der Waals surface area contributed by atoms with Gasteiger partial charge in [0, 0.05) is 17.2 Å². The van der Waals surface area contributed by atoms with Crippen LogP contribution in [0.2, 0.25) is 0 Å². The topological polar surface area (TPSA) is 55.1 Å². The molecule has 1 aliphatic rings. The molecule has 2 rings (SSSR count). The van der Waals surface area contributed by atoms with Crippen molar-refractivity contribution >= 4 is 47.5 Å². The highest BCUT2D eigenvalue weighted by molar-refractivity contribution is 8.19. The number of benzene rings is 1. The Hall–Kier alpha value is -0.360. The van der Waals surface area contributed by atoms with Crippen molar-refractivity contribution in [1.29, 1.82) is 0 Å². The standard InChI is InChI=1S/C15H22N2OS2.ClH/c1-3-10(2)13(16)14(18)17-12-6-4-5-11(9-12)15-19-7-8-20-15;/h4-6,9-10,13,15H,3,7-8,16H2,1-2H3,(H,17,18);1H. The highest BCUT2D eigenvalue weighted by Gasteiger charge is 2.21. The molecule has 21 heavy (non-hydrogen) atoms. The quantitative estimate of drug-likeness (QED) is 0.849. The Morgan fingerprint density at radius 3 is 2.71 bits per heavy atom. The normalized spacial score (nSPS) is 17.9. The molecular formula is C15H23ClN2OS2. The zero-order valence-corrected chi connectivity index (χ0v) is 14.8. The molecule has 2 atom stereocenters. The van der Waals surface area contributed by atoms with Gasteiger partial charge in [0.15, 0.2) is 0 Å². The fourth-order valence-electron chi connectivity index (χ4n) is 2.05.